The Morgan fingerprint density at radius 1 is 1.08 bits per heavy atom. The van der Waals surface area contributed by atoms with Crippen molar-refractivity contribution in [3.8, 4) is 0 Å². The van der Waals surface area contributed by atoms with E-state index in [1.165, 1.54) is 0 Å². The van der Waals surface area contributed by atoms with Crippen LogP contribution in [0.4, 0.5) is 0 Å². The van der Waals surface area contributed by atoms with Gasteiger partial charge in [0.05, 0.1) is 4.90 Å². The molecule has 2 rings (SSSR count). The molecule has 1 aromatic carbocycles. The van der Waals surface area contributed by atoms with Gasteiger partial charge in [0.1, 0.15) is 0 Å². The van der Waals surface area contributed by atoms with Gasteiger partial charge in [0.25, 0.3) is 0 Å². The highest BCUT2D eigenvalue weighted by Crippen LogP contribution is 2.15. The van der Waals surface area contributed by atoms with E-state index in [0.717, 1.165) is 38.2 Å². The van der Waals surface area contributed by atoms with Crippen molar-refractivity contribution in [1.29, 1.82) is 0 Å². The molecule has 1 N–H and O–H groups in total. The van der Waals surface area contributed by atoms with Crippen LogP contribution in [-0.4, -0.2) is 64.0 Å². The zero-order valence-electron chi connectivity index (χ0n) is 15.3. The molecule has 1 aromatic rings. The van der Waals surface area contributed by atoms with Crippen molar-refractivity contribution in [2.24, 2.45) is 5.92 Å². The molecule has 1 saturated heterocycles. The smallest absolute Gasteiger partial charge is 0.240 e. The molecule has 136 valence electrons. The lowest BCUT2D eigenvalue weighted by molar-refractivity contribution is 0.102. The van der Waals surface area contributed by atoms with Crippen molar-refractivity contribution in [1.82, 2.24) is 14.5 Å². The molecule has 0 aromatic heterocycles. The Kier molecular flexibility index (Phi) is 6.80. The molecule has 0 radical (unpaired) electrons. The first-order valence-electron chi connectivity index (χ1n) is 8.77. The van der Waals surface area contributed by atoms with E-state index in [2.05, 4.69) is 35.4 Å². The molecular weight excluding hydrogens is 322 g/mol. The number of nitrogens with one attached hydrogen (secondary N) is 1. The third kappa shape index (κ3) is 5.55. The zero-order chi connectivity index (χ0) is 17.7. The van der Waals surface area contributed by atoms with Crippen molar-refractivity contribution in [2.75, 3.05) is 39.8 Å². The number of nitrogens with zero attached hydrogens (tertiary/aromatic N) is 2. The molecule has 1 fully saturated rings. The molecule has 1 aliphatic rings. The van der Waals surface area contributed by atoms with Crippen molar-refractivity contribution in [3.05, 3.63) is 29.8 Å². The number of hydrogen-bond acceptors (Lipinski definition) is 4. The van der Waals surface area contributed by atoms with Gasteiger partial charge in [-0.1, -0.05) is 31.5 Å². The van der Waals surface area contributed by atoms with Crippen LogP contribution in [0, 0.1) is 12.8 Å². The highest BCUT2D eigenvalue weighted by atomic mass is 32.2. The second kappa shape index (κ2) is 8.43. The first-order valence-corrected chi connectivity index (χ1v) is 10.2. The molecule has 6 heteroatoms. The van der Waals surface area contributed by atoms with Crippen LogP contribution in [0.3, 0.4) is 0 Å². The fourth-order valence-corrected chi connectivity index (χ4v) is 4.17. The standard InChI is InChI=1S/C18H31N3O2S/c1-15(2)13-17(21-11-9-20(4)10-12-21)14-19-24(22,23)18-7-5-16(3)6-8-18/h5-8,15,17,19H,9-14H2,1-4H3. The minimum atomic E-state index is -3.44. The lowest BCUT2D eigenvalue weighted by atomic mass is 10.0. The molecule has 0 spiro atoms. The van der Waals surface area contributed by atoms with Crippen LogP contribution >= 0.6 is 0 Å². The van der Waals surface area contributed by atoms with Gasteiger partial charge in [-0.2, -0.15) is 0 Å². The second-order valence-corrected chi connectivity index (χ2v) is 9.05. The van der Waals surface area contributed by atoms with Gasteiger partial charge < -0.3 is 4.90 Å². The molecule has 0 amide bonds. The Balaban J connectivity index is 2.02. The fourth-order valence-electron chi connectivity index (χ4n) is 3.10. The molecule has 1 heterocycles. The van der Waals surface area contributed by atoms with Crippen molar-refractivity contribution in [2.45, 2.75) is 38.1 Å². The molecule has 24 heavy (non-hydrogen) atoms. The monoisotopic (exact) mass is 353 g/mol. The quantitative estimate of drug-likeness (QED) is 0.814. The highest BCUT2D eigenvalue weighted by molar-refractivity contribution is 7.89. The van der Waals surface area contributed by atoms with Crippen molar-refractivity contribution in [3.63, 3.8) is 0 Å². The van der Waals surface area contributed by atoms with E-state index in [1.807, 2.05) is 19.1 Å². The van der Waals surface area contributed by atoms with Gasteiger partial charge in [0.15, 0.2) is 0 Å². The maximum absolute atomic E-state index is 12.5. The second-order valence-electron chi connectivity index (χ2n) is 7.29. The summed E-state index contributed by atoms with van der Waals surface area (Å²) in [5.41, 5.74) is 1.06. The SMILES string of the molecule is Cc1ccc(S(=O)(=O)NCC(CC(C)C)N2CCN(C)CC2)cc1. The summed E-state index contributed by atoms with van der Waals surface area (Å²) in [5, 5.41) is 0. The average molecular weight is 354 g/mol. The number of hydrogen-bond donors (Lipinski definition) is 1. The first-order chi connectivity index (χ1) is 11.3. The van der Waals surface area contributed by atoms with Gasteiger partial charge in [-0.05, 0) is 38.4 Å². The molecule has 0 saturated carbocycles. The summed E-state index contributed by atoms with van der Waals surface area (Å²) in [6, 6.07) is 7.26. The van der Waals surface area contributed by atoms with Gasteiger partial charge in [-0.3, -0.25) is 4.90 Å². The number of aryl methyl sites for hydroxylation is 1. The van der Waals surface area contributed by atoms with Crippen LogP contribution in [0.5, 0.6) is 0 Å². The first kappa shape index (κ1) is 19.4. The van der Waals surface area contributed by atoms with Crippen LogP contribution in [0.15, 0.2) is 29.2 Å². The van der Waals surface area contributed by atoms with Gasteiger partial charge >= 0.3 is 0 Å². The van der Waals surface area contributed by atoms with Crippen LogP contribution in [0.1, 0.15) is 25.8 Å². The third-order valence-electron chi connectivity index (χ3n) is 4.64. The Morgan fingerprint density at radius 3 is 2.21 bits per heavy atom. The Hall–Kier alpha value is -0.950. The number of sulfonamides is 1. The summed E-state index contributed by atoms with van der Waals surface area (Å²) in [6.45, 7) is 10.9. The predicted octanol–water partition coefficient (Wildman–Crippen LogP) is 1.94. The topological polar surface area (TPSA) is 52.7 Å². The average Bonchev–Trinajstić information content (AvgIpc) is 2.52. The Morgan fingerprint density at radius 2 is 1.67 bits per heavy atom. The van der Waals surface area contributed by atoms with E-state index in [1.54, 1.807) is 12.1 Å². The summed E-state index contributed by atoms with van der Waals surface area (Å²) in [4.78, 5) is 5.09. The molecule has 1 aliphatic heterocycles. The molecular formula is C18H31N3O2S. The number of rotatable bonds is 7. The van der Waals surface area contributed by atoms with E-state index in [9.17, 15) is 8.42 Å². The lowest BCUT2D eigenvalue weighted by Crippen LogP contribution is -2.52. The van der Waals surface area contributed by atoms with Crippen molar-refractivity contribution < 1.29 is 8.42 Å². The highest BCUT2D eigenvalue weighted by Gasteiger charge is 2.25. The van der Waals surface area contributed by atoms with E-state index in [0.29, 0.717) is 17.4 Å². The summed E-state index contributed by atoms with van der Waals surface area (Å²) >= 11 is 0. The van der Waals surface area contributed by atoms with Gasteiger partial charge in [-0.15, -0.1) is 0 Å². The number of benzene rings is 1. The minimum absolute atomic E-state index is 0.249. The van der Waals surface area contributed by atoms with Gasteiger partial charge in [0.2, 0.25) is 10.0 Å². The van der Waals surface area contributed by atoms with E-state index < -0.39 is 10.0 Å². The van der Waals surface area contributed by atoms with Crippen LogP contribution < -0.4 is 4.72 Å². The van der Waals surface area contributed by atoms with Gasteiger partial charge in [-0.25, -0.2) is 13.1 Å². The minimum Gasteiger partial charge on any atom is -0.304 e. The van der Waals surface area contributed by atoms with E-state index in [4.69, 9.17) is 0 Å². The lowest BCUT2D eigenvalue weighted by Gasteiger charge is -2.38. The van der Waals surface area contributed by atoms with Crippen LogP contribution in [0.2, 0.25) is 0 Å². The Bertz CT molecular complexity index is 606. The zero-order valence-corrected chi connectivity index (χ0v) is 16.1. The van der Waals surface area contributed by atoms with Crippen molar-refractivity contribution >= 4 is 10.0 Å². The molecule has 1 unspecified atom stereocenters. The fraction of sp³-hybridized carbons (Fsp3) is 0.667. The predicted molar refractivity (Wildman–Crippen MR) is 98.7 cm³/mol. The normalized spacial score (nSPS) is 18.9. The maximum atomic E-state index is 12.5. The molecule has 1 atom stereocenters. The van der Waals surface area contributed by atoms with E-state index in [-0.39, 0.29) is 6.04 Å². The summed E-state index contributed by atoms with van der Waals surface area (Å²) in [6.07, 6.45) is 1.00. The Labute approximate surface area is 147 Å². The van der Waals surface area contributed by atoms with E-state index >= 15 is 0 Å². The third-order valence-corrected chi connectivity index (χ3v) is 6.08. The molecule has 0 aliphatic carbocycles. The number of likely N-dealkylation sites (N-methyl/N-ethyl adjacent to an activating group) is 1. The largest absolute Gasteiger partial charge is 0.304 e. The van der Waals surface area contributed by atoms with Crippen LogP contribution in [-0.2, 0) is 10.0 Å². The summed E-state index contributed by atoms with van der Waals surface area (Å²) < 4.78 is 27.9. The number of piperazine rings is 1. The maximum Gasteiger partial charge on any atom is 0.240 e. The molecule has 5 nitrogen and oxygen atoms in total. The summed E-state index contributed by atoms with van der Waals surface area (Å²) in [7, 11) is -1.31. The summed E-state index contributed by atoms with van der Waals surface area (Å²) in [5.74, 6) is 0.540. The molecule has 0 bridgehead atoms. The van der Waals surface area contributed by atoms with Gasteiger partial charge in [0, 0.05) is 38.8 Å². The van der Waals surface area contributed by atoms with Crippen LogP contribution in [0.25, 0.3) is 0 Å².